The normalized spacial score (nSPS) is 10.9. The van der Waals surface area contributed by atoms with Gasteiger partial charge in [0.25, 0.3) is 0 Å². The van der Waals surface area contributed by atoms with Gasteiger partial charge in [-0.3, -0.25) is 0 Å². The van der Waals surface area contributed by atoms with Gasteiger partial charge in [0.1, 0.15) is 17.2 Å². The van der Waals surface area contributed by atoms with Crippen molar-refractivity contribution in [2.45, 2.75) is 39.7 Å². The minimum atomic E-state index is -1.02. The Kier molecular flexibility index (Phi) is 7.22. The molecule has 0 radical (unpaired) electrons. The lowest BCUT2D eigenvalue weighted by Gasteiger charge is -2.25. The monoisotopic (exact) mass is 457 g/mol. The van der Waals surface area contributed by atoms with Crippen LogP contribution in [0.1, 0.15) is 47.9 Å². The highest BCUT2D eigenvalue weighted by atomic mass is 16.4. The molecule has 9 nitrogen and oxygen atoms in total. The SMILES string of the molecule is CCCCCN(Cc1ccc(-c2ccccc2-c2nn[nH]n2)cc1)c1nc(C)ncc1C(=O)O. The fraction of sp³-hybridized carbons (Fsp3) is 0.280. The predicted octanol–water partition coefficient (Wildman–Crippen LogP) is 4.53. The van der Waals surface area contributed by atoms with E-state index in [0.29, 0.717) is 30.6 Å². The van der Waals surface area contributed by atoms with Gasteiger partial charge >= 0.3 is 5.97 Å². The molecule has 0 spiro atoms. The third-order valence-electron chi connectivity index (χ3n) is 5.60. The van der Waals surface area contributed by atoms with Crippen LogP contribution in [-0.2, 0) is 6.54 Å². The van der Waals surface area contributed by atoms with E-state index in [9.17, 15) is 9.90 Å². The lowest BCUT2D eigenvalue weighted by Crippen LogP contribution is -2.27. The second kappa shape index (κ2) is 10.7. The van der Waals surface area contributed by atoms with Crippen molar-refractivity contribution in [1.29, 1.82) is 0 Å². The van der Waals surface area contributed by atoms with Gasteiger partial charge in [0, 0.05) is 24.8 Å². The van der Waals surface area contributed by atoms with Gasteiger partial charge in [0.2, 0.25) is 5.82 Å². The van der Waals surface area contributed by atoms with Gasteiger partial charge in [0.05, 0.1) is 0 Å². The number of nitrogens with zero attached hydrogens (tertiary/aromatic N) is 6. The molecular weight excluding hydrogens is 430 g/mol. The largest absolute Gasteiger partial charge is 0.477 e. The zero-order valence-electron chi connectivity index (χ0n) is 19.3. The van der Waals surface area contributed by atoms with Crippen LogP contribution >= 0.6 is 0 Å². The summed E-state index contributed by atoms with van der Waals surface area (Å²) < 4.78 is 0. The lowest BCUT2D eigenvalue weighted by molar-refractivity contribution is 0.0696. The fourth-order valence-electron chi connectivity index (χ4n) is 3.88. The van der Waals surface area contributed by atoms with E-state index in [1.807, 2.05) is 29.2 Å². The second-order valence-corrected chi connectivity index (χ2v) is 8.07. The summed E-state index contributed by atoms with van der Waals surface area (Å²) in [4.78, 5) is 22.4. The quantitative estimate of drug-likeness (QED) is 0.333. The van der Waals surface area contributed by atoms with Crippen LogP contribution in [-0.4, -0.2) is 48.2 Å². The van der Waals surface area contributed by atoms with Crippen LogP contribution in [0.25, 0.3) is 22.5 Å². The number of hydrogen-bond acceptors (Lipinski definition) is 7. The first-order valence-corrected chi connectivity index (χ1v) is 11.3. The van der Waals surface area contributed by atoms with Crippen LogP contribution in [0, 0.1) is 6.92 Å². The molecule has 2 aromatic carbocycles. The van der Waals surface area contributed by atoms with Crippen LogP contribution in [0.3, 0.4) is 0 Å². The first-order valence-electron chi connectivity index (χ1n) is 11.3. The van der Waals surface area contributed by atoms with E-state index in [0.717, 1.165) is 41.5 Å². The molecule has 0 amide bonds. The van der Waals surface area contributed by atoms with Crippen molar-refractivity contribution in [1.82, 2.24) is 30.6 Å². The molecule has 9 heteroatoms. The Morgan fingerprint density at radius 1 is 1.06 bits per heavy atom. The van der Waals surface area contributed by atoms with Crippen molar-refractivity contribution < 1.29 is 9.90 Å². The number of unbranched alkanes of at least 4 members (excludes halogenated alkanes) is 2. The second-order valence-electron chi connectivity index (χ2n) is 8.07. The maximum Gasteiger partial charge on any atom is 0.341 e. The first kappa shape index (κ1) is 23.0. The van der Waals surface area contributed by atoms with E-state index in [2.05, 4.69) is 61.8 Å². The summed E-state index contributed by atoms with van der Waals surface area (Å²) in [6, 6.07) is 16.2. The molecule has 0 atom stereocenters. The molecule has 2 aromatic heterocycles. The summed E-state index contributed by atoms with van der Waals surface area (Å²) in [6.07, 6.45) is 4.49. The number of aryl methyl sites for hydroxylation is 1. The average Bonchev–Trinajstić information content (AvgIpc) is 3.39. The zero-order chi connectivity index (χ0) is 23.9. The van der Waals surface area contributed by atoms with Gasteiger partial charge in [-0.05, 0) is 35.2 Å². The number of nitrogens with one attached hydrogen (secondary N) is 1. The van der Waals surface area contributed by atoms with Crippen molar-refractivity contribution in [3.8, 4) is 22.5 Å². The molecule has 174 valence electrons. The Labute approximate surface area is 197 Å². The van der Waals surface area contributed by atoms with E-state index >= 15 is 0 Å². The predicted molar refractivity (Wildman–Crippen MR) is 129 cm³/mol. The molecule has 0 unspecified atom stereocenters. The van der Waals surface area contributed by atoms with Gasteiger partial charge < -0.3 is 10.0 Å². The number of aromatic nitrogens is 6. The summed E-state index contributed by atoms with van der Waals surface area (Å²) in [6.45, 7) is 5.18. The third-order valence-corrected chi connectivity index (χ3v) is 5.60. The Balaban J connectivity index is 1.62. The van der Waals surface area contributed by atoms with Gasteiger partial charge in [0.15, 0.2) is 0 Å². The maximum atomic E-state index is 11.8. The van der Waals surface area contributed by atoms with Crippen molar-refractivity contribution in [3.63, 3.8) is 0 Å². The Morgan fingerprint density at radius 3 is 2.50 bits per heavy atom. The zero-order valence-corrected chi connectivity index (χ0v) is 19.3. The first-order chi connectivity index (χ1) is 16.6. The van der Waals surface area contributed by atoms with Crippen molar-refractivity contribution in [2.75, 3.05) is 11.4 Å². The number of aromatic carboxylic acids is 1. The summed E-state index contributed by atoms with van der Waals surface area (Å²) in [5.41, 5.74) is 4.12. The van der Waals surface area contributed by atoms with Crippen LogP contribution in [0.5, 0.6) is 0 Å². The standard InChI is InChI=1S/C25H27N7O2/c1-3-4-7-14-32(24-22(25(33)34)15-26-17(2)27-24)16-18-10-12-19(13-11-18)20-8-5-6-9-21(20)23-28-30-31-29-23/h5-6,8-13,15H,3-4,7,14,16H2,1-2H3,(H,33,34)(H,28,29,30,31). The number of rotatable bonds is 10. The lowest BCUT2D eigenvalue weighted by atomic mass is 9.98. The number of anilines is 1. The van der Waals surface area contributed by atoms with E-state index in [1.54, 1.807) is 6.92 Å². The fourth-order valence-corrected chi connectivity index (χ4v) is 3.88. The Bertz CT molecular complexity index is 1240. The summed E-state index contributed by atoms with van der Waals surface area (Å²) in [5, 5.41) is 24.1. The summed E-state index contributed by atoms with van der Waals surface area (Å²) >= 11 is 0. The Morgan fingerprint density at radius 2 is 1.82 bits per heavy atom. The van der Waals surface area contributed by atoms with Gasteiger partial charge in [-0.25, -0.2) is 14.8 Å². The molecule has 0 fully saturated rings. The van der Waals surface area contributed by atoms with Crippen molar-refractivity contribution in [3.05, 3.63) is 71.7 Å². The highest BCUT2D eigenvalue weighted by Gasteiger charge is 2.19. The molecule has 0 saturated carbocycles. The summed E-state index contributed by atoms with van der Waals surface area (Å²) in [5.74, 6) is 0.530. The number of carboxylic acids is 1. The highest BCUT2D eigenvalue weighted by Crippen LogP contribution is 2.30. The number of carbonyl (C=O) groups is 1. The minimum absolute atomic E-state index is 0.118. The average molecular weight is 458 g/mol. The molecule has 2 heterocycles. The van der Waals surface area contributed by atoms with Crippen LogP contribution in [0.4, 0.5) is 5.82 Å². The summed E-state index contributed by atoms with van der Waals surface area (Å²) in [7, 11) is 0. The molecule has 0 aliphatic carbocycles. The van der Waals surface area contributed by atoms with Crippen molar-refractivity contribution >= 4 is 11.8 Å². The Hall–Kier alpha value is -4.14. The van der Waals surface area contributed by atoms with Crippen molar-refractivity contribution in [2.24, 2.45) is 0 Å². The highest BCUT2D eigenvalue weighted by molar-refractivity contribution is 5.93. The maximum absolute atomic E-state index is 11.8. The van der Waals surface area contributed by atoms with Crippen LogP contribution in [0.2, 0.25) is 0 Å². The van der Waals surface area contributed by atoms with Gasteiger partial charge in [-0.2, -0.15) is 5.21 Å². The van der Waals surface area contributed by atoms with Crippen LogP contribution < -0.4 is 4.90 Å². The molecule has 0 aliphatic heterocycles. The number of benzene rings is 2. The number of aromatic amines is 1. The molecule has 4 rings (SSSR count). The van der Waals surface area contributed by atoms with Crippen LogP contribution in [0.15, 0.2) is 54.7 Å². The van der Waals surface area contributed by atoms with E-state index < -0.39 is 5.97 Å². The molecule has 2 N–H and O–H groups in total. The van der Waals surface area contributed by atoms with Gasteiger partial charge in [-0.15, -0.1) is 10.2 Å². The number of tetrazole rings is 1. The van der Waals surface area contributed by atoms with E-state index in [1.165, 1.54) is 6.20 Å². The minimum Gasteiger partial charge on any atom is -0.477 e. The van der Waals surface area contributed by atoms with Gasteiger partial charge in [-0.1, -0.05) is 68.3 Å². The van der Waals surface area contributed by atoms with E-state index in [4.69, 9.17) is 0 Å². The molecule has 0 saturated heterocycles. The molecule has 34 heavy (non-hydrogen) atoms. The molecule has 0 aliphatic rings. The molecule has 4 aromatic rings. The smallest absolute Gasteiger partial charge is 0.341 e. The molecular formula is C25H27N7O2. The third kappa shape index (κ3) is 5.25. The van der Waals surface area contributed by atoms with E-state index in [-0.39, 0.29) is 5.56 Å². The number of H-pyrrole nitrogens is 1. The number of hydrogen-bond donors (Lipinski definition) is 2. The number of carboxylic acid groups (broad SMARTS) is 1. The molecule has 0 bridgehead atoms. The topological polar surface area (TPSA) is 121 Å².